The number of hydrogen-bond donors (Lipinski definition) is 2. The first-order valence-electron chi connectivity index (χ1n) is 10.4. The number of rotatable bonds is 7. The number of aryl methyl sites for hydroxylation is 2. The van der Waals surface area contributed by atoms with Crippen molar-refractivity contribution in [3.05, 3.63) is 70.1 Å². The van der Waals surface area contributed by atoms with Gasteiger partial charge in [-0.05, 0) is 38.1 Å². The molecule has 3 heterocycles. The Labute approximate surface area is 190 Å². The van der Waals surface area contributed by atoms with Crippen LogP contribution >= 0.6 is 0 Å². The highest BCUT2D eigenvalue weighted by Crippen LogP contribution is 2.26. The van der Waals surface area contributed by atoms with Crippen LogP contribution in [0.4, 0.5) is 5.82 Å². The molecular formula is C23H25N4O5S+. The lowest BCUT2D eigenvalue weighted by Gasteiger charge is -2.13. The Hall–Kier alpha value is -3.34. The SMILES string of the molecule is Cc1ccc(S(=O)(=O)c2cc3c(=O)n4cccc(C)c4nc3[n+](CCOCCO)c2N)cc1. The fourth-order valence-corrected chi connectivity index (χ4v) is 5.10. The van der Waals surface area contributed by atoms with Crippen molar-refractivity contribution >= 4 is 32.3 Å². The summed E-state index contributed by atoms with van der Waals surface area (Å²) >= 11 is 0. The fraction of sp³-hybridized carbons (Fsp3) is 0.261. The van der Waals surface area contributed by atoms with Gasteiger partial charge in [0, 0.05) is 11.8 Å². The topological polar surface area (TPSA) is 128 Å². The molecule has 1 aromatic carbocycles. The summed E-state index contributed by atoms with van der Waals surface area (Å²) in [6.07, 6.45) is 1.59. The number of ether oxygens (including phenoxy) is 1. The molecule has 4 rings (SSSR count). The van der Waals surface area contributed by atoms with Crippen LogP contribution in [-0.4, -0.2) is 42.7 Å². The number of anilines is 1. The number of nitrogen functional groups attached to an aromatic ring is 1. The van der Waals surface area contributed by atoms with E-state index in [2.05, 4.69) is 4.98 Å². The van der Waals surface area contributed by atoms with E-state index in [1.165, 1.54) is 27.2 Å². The van der Waals surface area contributed by atoms with Crippen LogP contribution in [0.3, 0.4) is 0 Å². The smallest absolute Gasteiger partial charge is 0.278 e. The van der Waals surface area contributed by atoms with Crippen LogP contribution < -0.4 is 15.9 Å². The molecule has 3 aromatic heterocycles. The molecule has 10 heteroatoms. The molecule has 0 aliphatic heterocycles. The lowest BCUT2D eigenvalue weighted by atomic mass is 10.2. The molecule has 0 fully saturated rings. The summed E-state index contributed by atoms with van der Waals surface area (Å²) in [5.74, 6) is -0.0412. The minimum Gasteiger partial charge on any atom is -0.394 e. The zero-order chi connectivity index (χ0) is 23.8. The molecule has 0 saturated carbocycles. The van der Waals surface area contributed by atoms with Crippen molar-refractivity contribution in [2.75, 3.05) is 25.6 Å². The average Bonchev–Trinajstić information content (AvgIpc) is 2.79. The summed E-state index contributed by atoms with van der Waals surface area (Å²) in [6, 6.07) is 11.3. The fourth-order valence-electron chi connectivity index (χ4n) is 3.69. The second-order valence-electron chi connectivity index (χ2n) is 7.74. The van der Waals surface area contributed by atoms with E-state index >= 15 is 0 Å². The number of benzene rings is 1. The number of aromatic nitrogens is 3. The van der Waals surface area contributed by atoms with Gasteiger partial charge in [-0.3, -0.25) is 9.20 Å². The number of nitrogens with zero attached hydrogens (tertiary/aromatic N) is 3. The number of aliphatic hydroxyl groups is 1. The number of aliphatic hydroxyl groups excluding tert-OH is 1. The van der Waals surface area contributed by atoms with Crippen molar-refractivity contribution in [3.8, 4) is 0 Å². The Morgan fingerprint density at radius 2 is 1.88 bits per heavy atom. The Kier molecular flexibility index (Phi) is 6.15. The van der Waals surface area contributed by atoms with Crippen molar-refractivity contribution in [2.24, 2.45) is 0 Å². The third-order valence-electron chi connectivity index (χ3n) is 5.45. The molecule has 9 nitrogen and oxygen atoms in total. The van der Waals surface area contributed by atoms with Crippen LogP contribution in [0.25, 0.3) is 16.7 Å². The standard InChI is InChI=1S/C23H24N4O5S/c1-15-5-7-17(8-6-15)33(30,31)19-14-18-22(26(20(19)24)10-12-32-13-11-28)25-21-16(2)4-3-9-27(21)23(18)29/h3-9,14,24,28H,10-13H2,1-2H3/p+1. The van der Waals surface area contributed by atoms with E-state index in [0.717, 1.165) is 11.1 Å². The summed E-state index contributed by atoms with van der Waals surface area (Å²) in [5.41, 5.74) is 8.40. The second-order valence-corrected chi connectivity index (χ2v) is 9.66. The van der Waals surface area contributed by atoms with Gasteiger partial charge in [-0.1, -0.05) is 28.7 Å². The molecule has 0 aliphatic carbocycles. The van der Waals surface area contributed by atoms with Crippen LogP contribution in [0.15, 0.2) is 63.2 Å². The quantitative estimate of drug-likeness (QED) is 0.236. The minimum absolute atomic E-state index is 0.0412. The van der Waals surface area contributed by atoms with Crippen LogP contribution in [0.1, 0.15) is 11.1 Å². The lowest BCUT2D eigenvalue weighted by molar-refractivity contribution is -0.662. The van der Waals surface area contributed by atoms with E-state index in [9.17, 15) is 13.2 Å². The predicted octanol–water partition coefficient (Wildman–Crippen LogP) is 1.18. The second kappa shape index (κ2) is 8.89. The van der Waals surface area contributed by atoms with Gasteiger partial charge in [-0.25, -0.2) is 13.0 Å². The average molecular weight is 470 g/mol. The maximum absolute atomic E-state index is 13.5. The molecule has 3 N–H and O–H groups in total. The van der Waals surface area contributed by atoms with Gasteiger partial charge in [-0.15, -0.1) is 0 Å². The maximum Gasteiger partial charge on any atom is 0.278 e. The molecule has 0 bridgehead atoms. The molecule has 172 valence electrons. The highest BCUT2D eigenvalue weighted by Gasteiger charge is 2.29. The van der Waals surface area contributed by atoms with Gasteiger partial charge in [0.2, 0.25) is 21.3 Å². The largest absolute Gasteiger partial charge is 0.394 e. The molecule has 4 aromatic rings. The van der Waals surface area contributed by atoms with Gasteiger partial charge in [0.1, 0.15) is 10.3 Å². The number of hydrogen-bond acceptors (Lipinski definition) is 7. The minimum atomic E-state index is -4.02. The zero-order valence-electron chi connectivity index (χ0n) is 18.4. The van der Waals surface area contributed by atoms with Crippen molar-refractivity contribution in [1.82, 2.24) is 9.38 Å². The first-order chi connectivity index (χ1) is 15.8. The third kappa shape index (κ3) is 4.08. The normalized spacial score (nSPS) is 12.0. The summed E-state index contributed by atoms with van der Waals surface area (Å²) < 4.78 is 35.2. The Morgan fingerprint density at radius 3 is 2.58 bits per heavy atom. The Morgan fingerprint density at radius 1 is 1.15 bits per heavy atom. The maximum atomic E-state index is 13.5. The van der Waals surface area contributed by atoms with Crippen LogP contribution in [0, 0.1) is 13.8 Å². The molecule has 0 aliphatic rings. The highest BCUT2D eigenvalue weighted by molar-refractivity contribution is 7.91. The number of nitrogens with two attached hydrogens (primary N) is 1. The van der Waals surface area contributed by atoms with Crippen LogP contribution in [0.5, 0.6) is 0 Å². The lowest BCUT2D eigenvalue weighted by Crippen LogP contribution is -2.43. The van der Waals surface area contributed by atoms with Gasteiger partial charge in [0.25, 0.3) is 11.2 Å². The summed E-state index contributed by atoms with van der Waals surface area (Å²) in [7, 11) is -4.02. The number of pyridine rings is 2. The molecule has 0 amide bonds. The van der Waals surface area contributed by atoms with Gasteiger partial charge in [-0.2, -0.15) is 0 Å². The van der Waals surface area contributed by atoms with Crippen LogP contribution in [0.2, 0.25) is 0 Å². The first-order valence-corrected chi connectivity index (χ1v) is 11.9. The summed E-state index contributed by atoms with van der Waals surface area (Å²) in [4.78, 5) is 17.9. The van der Waals surface area contributed by atoms with Gasteiger partial charge in [0.05, 0.1) is 31.3 Å². The summed E-state index contributed by atoms with van der Waals surface area (Å²) in [6.45, 7) is 3.97. The van der Waals surface area contributed by atoms with E-state index in [0.29, 0.717) is 5.65 Å². The first kappa shape index (κ1) is 22.8. The van der Waals surface area contributed by atoms with Crippen molar-refractivity contribution in [1.29, 1.82) is 0 Å². The van der Waals surface area contributed by atoms with Crippen LogP contribution in [-0.2, 0) is 21.1 Å². The van der Waals surface area contributed by atoms with E-state index in [1.807, 2.05) is 19.9 Å². The monoisotopic (exact) mass is 469 g/mol. The van der Waals surface area contributed by atoms with E-state index in [1.54, 1.807) is 24.4 Å². The predicted molar refractivity (Wildman–Crippen MR) is 123 cm³/mol. The number of fused-ring (bicyclic) bond motifs is 2. The van der Waals surface area contributed by atoms with E-state index in [4.69, 9.17) is 15.6 Å². The summed E-state index contributed by atoms with van der Waals surface area (Å²) in [5, 5.41) is 9.10. The van der Waals surface area contributed by atoms with Gasteiger partial charge in [0.15, 0.2) is 0 Å². The molecule has 0 saturated heterocycles. The highest BCUT2D eigenvalue weighted by atomic mass is 32.2. The third-order valence-corrected chi connectivity index (χ3v) is 7.25. The molecular weight excluding hydrogens is 444 g/mol. The number of sulfone groups is 1. The van der Waals surface area contributed by atoms with Crippen molar-refractivity contribution in [2.45, 2.75) is 30.2 Å². The van der Waals surface area contributed by atoms with Crippen molar-refractivity contribution < 1.29 is 22.8 Å². The van der Waals surface area contributed by atoms with Crippen molar-refractivity contribution in [3.63, 3.8) is 0 Å². The van der Waals surface area contributed by atoms with Gasteiger partial charge >= 0.3 is 0 Å². The molecule has 33 heavy (non-hydrogen) atoms. The molecule has 0 unspecified atom stereocenters. The molecule has 0 radical (unpaired) electrons. The van der Waals surface area contributed by atoms with E-state index < -0.39 is 15.4 Å². The zero-order valence-corrected chi connectivity index (χ0v) is 19.2. The van der Waals surface area contributed by atoms with E-state index in [-0.39, 0.29) is 53.0 Å². The van der Waals surface area contributed by atoms with Gasteiger partial charge < -0.3 is 15.6 Å². The Bertz CT molecular complexity index is 1510. The molecule has 0 spiro atoms. The Balaban J connectivity index is 2.03. The molecule has 0 atom stereocenters.